The van der Waals surface area contributed by atoms with Crippen LogP contribution in [0.3, 0.4) is 0 Å². The minimum Gasteiger partial charge on any atom is -0.356 e. The molecule has 2 aliphatic rings. The zero-order valence-corrected chi connectivity index (χ0v) is 20.6. The van der Waals surface area contributed by atoms with E-state index in [4.69, 9.17) is 0 Å². The second-order valence-corrected chi connectivity index (χ2v) is 10.9. The van der Waals surface area contributed by atoms with E-state index in [-0.39, 0.29) is 30.7 Å². The van der Waals surface area contributed by atoms with Gasteiger partial charge < -0.3 is 5.32 Å². The normalized spacial score (nSPS) is 16.7. The minimum atomic E-state index is -3.47. The topological polar surface area (TPSA) is 104 Å². The van der Waals surface area contributed by atoms with Crippen LogP contribution in [0, 0.1) is 0 Å². The Morgan fingerprint density at radius 2 is 1.46 bits per heavy atom. The van der Waals surface area contributed by atoms with Crippen LogP contribution in [-0.4, -0.2) is 61.5 Å². The average Bonchev–Trinajstić information content (AvgIpc) is 3.05. The first-order valence-electron chi connectivity index (χ1n) is 12.2. The van der Waals surface area contributed by atoms with Crippen molar-refractivity contribution in [2.45, 2.75) is 49.8 Å². The monoisotopic (exact) mass is 497 g/mol. The molecule has 35 heavy (non-hydrogen) atoms. The van der Waals surface area contributed by atoms with Gasteiger partial charge in [0.2, 0.25) is 15.9 Å². The Balaban J connectivity index is 1.19. The van der Waals surface area contributed by atoms with Gasteiger partial charge in [0.25, 0.3) is 11.8 Å². The molecular weight excluding hydrogens is 466 g/mol. The molecular formula is C26H31N3O5S. The van der Waals surface area contributed by atoms with Crippen LogP contribution in [0.15, 0.2) is 53.4 Å². The molecule has 0 bridgehead atoms. The van der Waals surface area contributed by atoms with Crippen LogP contribution < -0.4 is 5.32 Å². The predicted octanol–water partition coefficient (Wildman–Crippen LogP) is 2.99. The highest BCUT2D eigenvalue weighted by Gasteiger charge is 2.34. The Bertz CT molecular complexity index is 1150. The van der Waals surface area contributed by atoms with Gasteiger partial charge in [0, 0.05) is 32.6 Å². The summed E-state index contributed by atoms with van der Waals surface area (Å²) in [5, 5.41) is 2.85. The third-order valence-electron chi connectivity index (χ3n) is 6.53. The summed E-state index contributed by atoms with van der Waals surface area (Å²) in [5.74, 6) is -0.776. The summed E-state index contributed by atoms with van der Waals surface area (Å²) in [7, 11) is -3.47. The predicted molar refractivity (Wildman–Crippen MR) is 131 cm³/mol. The van der Waals surface area contributed by atoms with Crippen LogP contribution in [0.5, 0.6) is 0 Å². The average molecular weight is 498 g/mol. The van der Waals surface area contributed by atoms with E-state index in [1.165, 1.54) is 4.90 Å². The molecule has 2 aromatic rings. The molecule has 0 aliphatic carbocycles. The van der Waals surface area contributed by atoms with E-state index in [9.17, 15) is 22.8 Å². The zero-order chi connectivity index (χ0) is 24.8. The van der Waals surface area contributed by atoms with Crippen LogP contribution in [0.4, 0.5) is 0 Å². The smallest absolute Gasteiger partial charge is 0.261 e. The number of nitrogens with zero attached hydrogens (tertiary/aromatic N) is 2. The highest BCUT2D eigenvalue weighted by atomic mass is 32.2. The number of nitrogens with one attached hydrogen (secondary N) is 1. The Morgan fingerprint density at radius 1 is 0.857 bits per heavy atom. The van der Waals surface area contributed by atoms with Crippen molar-refractivity contribution in [1.29, 1.82) is 0 Å². The highest BCUT2D eigenvalue weighted by Crippen LogP contribution is 2.23. The van der Waals surface area contributed by atoms with Gasteiger partial charge in [-0.15, -0.1) is 0 Å². The molecule has 0 atom stereocenters. The van der Waals surface area contributed by atoms with Gasteiger partial charge in [-0.05, 0) is 55.5 Å². The fourth-order valence-electron chi connectivity index (χ4n) is 4.53. The fraction of sp³-hybridized carbons (Fsp3) is 0.423. The molecule has 2 aromatic carbocycles. The Labute approximate surface area is 206 Å². The van der Waals surface area contributed by atoms with Gasteiger partial charge in [0.05, 0.1) is 16.0 Å². The van der Waals surface area contributed by atoms with E-state index in [2.05, 4.69) is 5.32 Å². The number of sulfonamides is 1. The molecule has 0 unspecified atom stereocenters. The number of benzene rings is 2. The number of hydrogen-bond donors (Lipinski definition) is 1. The molecule has 1 N–H and O–H groups in total. The van der Waals surface area contributed by atoms with Crippen molar-refractivity contribution < 1.29 is 22.8 Å². The number of amides is 3. The molecule has 2 aliphatic heterocycles. The van der Waals surface area contributed by atoms with E-state index in [1.54, 1.807) is 52.8 Å². The quantitative estimate of drug-likeness (QED) is 0.537. The summed E-state index contributed by atoms with van der Waals surface area (Å²) < 4.78 is 27.3. The number of imide groups is 1. The molecule has 8 nitrogen and oxygen atoms in total. The highest BCUT2D eigenvalue weighted by molar-refractivity contribution is 7.89. The maximum Gasteiger partial charge on any atom is 0.261 e. The van der Waals surface area contributed by atoms with Gasteiger partial charge >= 0.3 is 0 Å². The lowest BCUT2D eigenvalue weighted by atomic mass is 10.1. The van der Waals surface area contributed by atoms with Crippen molar-refractivity contribution in [2.24, 2.45) is 0 Å². The van der Waals surface area contributed by atoms with Crippen molar-refractivity contribution in [2.75, 3.05) is 26.2 Å². The molecule has 186 valence electrons. The number of carbonyl (C=O) groups is 3. The molecule has 3 amide bonds. The zero-order valence-electron chi connectivity index (χ0n) is 19.7. The summed E-state index contributed by atoms with van der Waals surface area (Å²) in [6.07, 6.45) is 5.11. The second kappa shape index (κ2) is 11.1. The second-order valence-electron chi connectivity index (χ2n) is 8.97. The van der Waals surface area contributed by atoms with Crippen LogP contribution in [0.25, 0.3) is 0 Å². The van der Waals surface area contributed by atoms with E-state index in [0.29, 0.717) is 48.5 Å². The lowest BCUT2D eigenvalue weighted by Gasteiger charge is -2.20. The lowest BCUT2D eigenvalue weighted by Crippen LogP contribution is -2.32. The minimum absolute atomic E-state index is 0.151. The van der Waals surface area contributed by atoms with Gasteiger partial charge in [0.1, 0.15) is 0 Å². The van der Waals surface area contributed by atoms with Crippen LogP contribution in [0.1, 0.15) is 64.8 Å². The molecule has 0 radical (unpaired) electrons. The molecule has 2 heterocycles. The molecule has 0 aromatic heterocycles. The lowest BCUT2D eigenvalue weighted by molar-refractivity contribution is -0.121. The van der Waals surface area contributed by atoms with E-state index in [0.717, 1.165) is 31.2 Å². The van der Waals surface area contributed by atoms with Gasteiger partial charge in [-0.2, -0.15) is 4.31 Å². The summed E-state index contributed by atoms with van der Waals surface area (Å²) >= 11 is 0. The third kappa shape index (κ3) is 5.79. The van der Waals surface area contributed by atoms with Crippen molar-refractivity contribution >= 4 is 27.7 Å². The Morgan fingerprint density at radius 3 is 2.06 bits per heavy atom. The number of rotatable bonds is 9. The maximum atomic E-state index is 12.9. The number of carbonyl (C=O) groups excluding carboxylic acids is 3. The third-order valence-corrected chi connectivity index (χ3v) is 8.44. The summed E-state index contributed by atoms with van der Waals surface area (Å²) in [4.78, 5) is 38.4. The standard InChI is InChI=1S/C26H31N3O5S/c30-24(10-7-19-29-25(31)22-8-3-4-9-23(22)26(29)32)27-16-15-20-11-13-21(14-12-20)35(33,34)28-17-5-1-2-6-18-28/h3-4,8-9,11-14H,1-2,5-7,10,15-19H2,(H,27,30). The van der Waals surface area contributed by atoms with Crippen LogP contribution in [-0.2, 0) is 21.2 Å². The number of hydrogen-bond acceptors (Lipinski definition) is 5. The first-order valence-corrected chi connectivity index (χ1v) is 13.6. The molecule has 9 heteroatoms. The molecule has 4 rings (SSSR count). The summed E-state index contributed by atoms with van der Waals surface area (Å²) in [6.45, 7) is 1.77. The van der Waals surface area contributed by atoms with Crippen molar-refractivity contribution in [3.8, 4) is 0 Å². The first-order chi connectivity index (χ1) is 16.9. The fourth-order valence-corrected chi connectivity index (χ4v) is 6.05. The SMILES string of the molecule is O=C(CCCN1C(=O)c2ccccc2C1=O)NCCc1ccc(S(=O)(=O)N2CCCCCC2)cc1. The first kappa shape index (κ1) is 25.1. The van der Waals surface area contributed by atoms with Gasteiger partial charge in [-0.3, -0.25) is 19.3 Å². The molecule has 1 fully saturated rings. The van der Waals surface area contributed by atoms with Gasteiger partial charge in [-0.1, -0.05) is 37.1 Å². The Kier molecular flexibility index (Phi) is 7.97. The van der Waals surface area contributed by atoms with Crippen LogP contribution in [0.2, 0.25) is 0 Å². The molecule has 0 saturated carbocycles. The summed E-state index contributed by atoms with van der Waals surface area (Å²) in [6, 6.07) is 13.6. The van der Waals surface area contributed by atoms with Crippen molar-refractivity contribution in [1.82, 2.24) is 14.5 Å². The van der Waals surface area contributed by atoms with E-state index >= 15 is 0 Å². The van der Waals surface area contributed by atoms with Crippen molar-refractivity contribution in [3.05, 3.63) is 65.2 Å². The Hall–Kier alpha value is -3.04. The van der Waals surface area contributed by atoms with E-state index in [1.807, 2.05) is 0 Å². The van der Waals surface area contributed by atoms with Crippen molar-refractivity contribution in [3.63, 3.8) is 0 Å². The molecule has 1 saturated heterocycles. The molecule has 0 spiro atoms. The van der Waals surface area contributed by atoms with Gasteiger partial charge in [-0.25, -0.2) is 8.42 Å². The largest absolute Gasteiger partial charge is 0.356 e. The number of fused-ring (bicyclic) bond motifs is 1. The van der Waals surface area contributed by atoms with Gasteiger partial charge in [0.15, 0.2) is 0 Å². The van der Waals surface area contributed by atoms with E-state index < -0.39 is 10.0 Å². The summed E-state index contributed by atoms with van der Waals surface area (Å²) in [5.41, 5.74) is 1.76. The maximum absolute atomic E-state index is 12.9. The van der Waals surface area contributed by atoms with Crippen LogP contribution >= 0.6 is 0 Å².